The van der Waals surface area contributed by atoms with Crippen molar-refractivity contribution in [1.82, 2.24) is 29.0 Å². The maximum Gasteiger partial charge on any atom is 0.243 e. The van der Waals surface area contributed by atoms with E-state index in [2.05, 4.69) is 32.4 Å². The molecular weight excluding hydrogens is 406 g/mol. The first-order valence-corrected chi connectivity index (χ1v) is 11.5. The van der Waals surface area contributed by atoms with Crippen molar-refractivity contribution in [3.05, 3.63) is 30.4 Å². The summed E-state index contributed by atoms with van der Waals surface area (Å²) in [6.45, 7) is 7.25. The lowest BCUT2D eigenvalue weighted by Crippen LogP contribution is -2.30. The Bertz CT molecular complexity index is 1100. The van der Waals surface area contributed by atoms with Crippen LogP contribution in [0.3, 0.4) is 0 Å². The SMILES string of the molecule is CCCn1c(CCC(=O)Nc2ncn[nH]2)nc2cc(S(=O)(=O)N(CC)CC)ccc21. The van der Waals surface area contributed by atoms with Crippen LogP contribution in [0, 0.1) is 0 Å². The molecule has 0 aliphatic heterocycles. The summed E-state index contributed by atoms with van der Waals surface area (Å²) in [5.74, 6) is 0.844. The molecule has 0 radical (unpaired) electrons. The Kier molecular flexibility index (Phi) is 6.83. The summed E-state index contributed by atoms with van der Waals surface area (Å²) >= 11 is 0. The van der Waals surface area contributed by atoms with Crippen LogP contribution in [0.1, 0.15) is 39.4 Å². The van der Waals surface area contributed by atoms with Gasteiger partial charge in [-0.3, -0.25) is 10.1 Å². The molecule has 3 aromatic rings. The molecule has 11 heteroatoms. The molecule has 30 heavy (non-hydrogen) atoms. The number of anilines is 1. The smallest absolute Gasteiger partial charge is 0.243 e. The van der Waals surface area contributed by atoms with Crippen molar-refractivity contribution in [2.75, 3.05) is 18.4 Å². The van der Waals surface area contributed by atoms with E-state index >= 15 is 0 Å². The number of aromatic amines is 1. The van der Waals surface area contributed by atoms with Gasteiger partial charge in [0.25, 0.3) is 0 Å². The van der Waals surface area contributed by atoms with E-state index in [1.165, 1.54) is 10.6 Å². The topological polar surface area (TPSA) is 126 Å². The van der Waals surface area contributed by atoms with E-state index in [9.17, 15) is 13.2 Å². The predicted molar refractivity (Wildman–Crippen MR) is 113 cm³/mol. The molecule has 10 nitrogen and oxygen atoms in total. The largest absolute Gasteiger partial charge is 0.328 e. The highest BCUT2D eigenvalue weighted by Crippen LogP contribution is 2.24. The van der Waals surface area contributed by atoms with Crippen LogP contribution in [0.25, 0.3) is 11.0 Å². The lowest BCUT2D eigenvalue weighted by molar-refractivity contribution is -0.116. The zero-order valence-electron chi connectivity index (χ0n) is 17.4. The number of H-pyrrole nitrogens is 1. The number of rotatable bonds is 10. The van der Waals surface area contributed by atoms with Crippen LogP contribution in [0.2, 0.25) is 0 Å². The minimum atomic E-state index is -3.56. The molecule has 0 aliphatic carbocycles. The Labute approximate surface area is 175 Å². The second-order valence-electron chi connectivity index (χ2n) is 6.80. The highest BCUT2D eigenvalue weighted by atomic mass is 32.2. The van der Waals surface area contributed by atoms with E-state index in [0.717, 1.165) is 24.3 Å². The average molecular weight is 434 g/mol. The number of fused-ring (bicyclic) bond motifs is 1. The number of imidazole rings is 1. The summed E-state index contributed by atoms with van der Waals surface area (Å²) in [6, 6.07) is 5.05. The maximum atomic E-state index is 12.8. The van der Waals surface area contributed by atoms with Crippen LogP contribution in [-0.2, 0) is 27.8 Å². The Morgan fingerprint density at radius 3 is 2.63 bits per heavy atom. The van der Waals surface area contributed by atoms with Crippen molar-refractivity contribution in [2.24, 2.45) is 0 Å². The van der Waals surface area contributed by atoms with Crippen LogP contribution in [0.4, 0.5) is 5.95 Å². The number of aryl methyl sites for hydroxylation is 2. The van der Waals surface area contributed by atoms with Crippen LogP contribution < -0.4 is 5.32 Å². The number of nitrogens with one attached hydrogen (secondary N) is 2. The van der Waals surface area contributed by atoms with Gasteiger partial charge >= 0.3 is 0 Å². The molecule has 2 heterocycles. The minimum absolute atomic E-state index is 0.202. The lowest BCUT2D eigenvalue weighted by Gasteiger charge is -2.18. The van der Waals surface area contributed by atoms with Crippen molar-refractivity contribution >= 4 is 32.9 Å². The van der Waals surface area contributed by atoms with Gasteiger partial charge in [-0.15, -0.1) is 0 Å². The molecular formula is C19H27N7O3S. The first kappa shape index (κ1) is 21.9. The summed E-state index contributed by atoms with van der Waals surface area (Å²) in [7, 11) is -3.56. The van der Waals surface area contributed by atoms with Gasteiger partial charge in [-0.05, 0) is 24.6 Å². The van der Waals surface area contributed by atoms with Crippen LogP contribution in [0.15, 0.2) is 29.4 Å². The fourth-order valence-electron chi connectivity index (χ4n) is 3.38. The van der Waals surface area contributed by atoms with Crippen molar-refractivity contribution in [3.8, 4) is 0 Å². The van der Waals surface area contributed by atoms with Gasteiger partial charge in [-0.25, -0.2) is 18.5 Å². The molecule has 0 bridgehead atoms. The summed E-state index contributed by atoms with van der Waals surface area (Å²) in [4.78, 5) is 20.9. The number of hydrogen-bond donors (Lipinski definition) is 2. The number of carbonyl (C=O) groups excluding carboxylic acids is 1. The number of benzene rings is 1. The minimum Gasteiger partial charge on any atom is -0.328 e. The quantitative estimate of drug-likeness (QED) is 0.505. The Hall–Kier alpha value is -2.79. The van der Waals surface area contributed by atoms with E-state index in [4.69, 9.17) is 0 Å². The van der Waals surface area contributed by atoms with Gasteiger partial charge in [-0.1, -0.05) is 20.8 Å². The number of sulfonamides is 1. The van der Waals surface area contributed by atoms with Crippen LogP contribution >= 0.6 is 0 Å². The first-order valence-electron chi connectivity index (χ1n) is 10.0. The molecule has 0 unspecified atom stereocenters. The summed E-state index contributed by atoms with van der Waals surface area (Å²) < 4.78 is 29.2. The van der Waals surface area contributed by atoms with Crippen molar-refractivity contribution < 1.29 is 13.2 Å². The lowest BCUT2D eigenvalue weighted by atomic mass is 10.2. The Balaban J connectivity index is 1.87. The van der Waals surface area contributed by atoms with Gasteiger partial charge in [0.15, 0.2) is 0 Å². The summed E-state index contributed by atoms with van der Waals surface area (Å²) in [5, 5.41) is 8.92. The third kappa shape index (κ3) is 4.51. The number of amides is 1. The molecule has 2 aromatic heterocycles. The van der Waals surface area contributed by atoms with E-state index in [1.807, 2.05) is 18.4 Å². The molecule has 1 amide bonds. The van der Waals surface area contributed by atoms with Crippen LogP contribution in [-0.4, -0.2) is 56.5 Å². The van der Waals surface area contributed by atoms with Gasteiger partial charge in [0.1, 0.15) is 12.2 Å². The molecule has 0 aliphatic rings. The van der Waals surface area contributed by atoms with Crippen molar-refractivity contribution in [3.63, 3.8) is 0 Å². The fourth-order valence-corrected chi connectivity index (χ4v) is 4.86. The number of hydrogen-bond acceptors (Lipinski definition) is 6. The average Bonchev–Trinajstić information content (AvgIpc) is 3.35. The number of aromatic nitrogens is 5. The molecule has 0 fully saturated rings. The van der Waals surface area contributed by atoms with Gasteiger partial charge in [0.05, 0.1) is 15.9 Å². The second-order valence-corrected chi connectivity index (χ2v) is 8.74. The number of carbonyl (C=O) groups is 1. The van der Waals surface area contributed by atoms with Crippen LogP contribution in [0.5, 0.6) is 0 Å². The Morgan fingerprint density at radius 2 is 2.00 bits per heavy atom. The zero-order valence-corrected chi connectivity index (χ0v) is 18.2. The van der Waals surface area contributed by atoms with Gasteiger partial charge < -0.3 is 4.57 Å². The normalized spacial score (nSPS) is 12.0. The third-order valence-electron chi connectivity index (χ3n) is 4.84. The zero-order chi connectivity index (χ0) is 21.7. The monoisotopic (exact) mass is 433 g/mol. The molecule has 0 saturated carbocycles. The predicted octanol–water partition coefficient (Wildman–Crippen LogP) is 2.17. The molecule has 162 valence electrons. The van der Waals surface area contributed by atoms with Gasteiger partial charge in [0, 0.05) is 32.5 Å². The van der Waals surface area contributed by atoms with E-state index in [1.54, 1.807) is 18.2 Å². The molecule has 0 spiro atoms. The third-order valence-corrected chi connectivity index (χ3v) is 6.88. The summed E-state index contributed by atoms with van der Waals surface area (Å²) in [6.07, 6.45) is 2.85. The van der Waals surface area contributed by atoms with Crippen molar-refractivity contribution in [1.29, 1.82) is 0 Å². The molecule has 0 saturated heterocycles. The maximum absolute atomic E-state index is 12.8. The second kappa shape index (κ2) is 9.35. The van der Waals surface area contributed by atoms with E-state index < -0.39 is 10.0 Å². The molecule has 1 aromatic carbocycles. The Morgan fingerprint density at radius 1 is 1.23 bits per heavy atom. The van der Waals surface area contributed by atoms with Gasteiger partial charge in [0.2, 0.25) is 21.9 Å². The molecule has 0 atom stereocenters. The molecule has 3 rings (SSSR count). The number of nitrogens with zero attached hydrogens (tertiary/aromatic N) is 5. The highest BCUT2D eigenvalue weighted by Gasteiger charge is 2.23. The first-order chi connectivity index (χ1) is 14.4. The van der Waals surface area contributed by atoms with E-state index in [-0.39, 0.29) is 17.2 Å². The standard InChI is InChI=1S/C19H27N7O3S/c1-4-11-26-16-8-7-14(30(28,29)25(5-2)6-3)12-15(16)22-17(26)9-10-18(27)23-19-20-13-21-24-19/h7-8,12-13H,4-6,9-11H2,1-3H3,(H2,20,21,23,24,27). The highest BCUT2D eigenvalue weighted by molar-refractivity contribution is 7.89. The van der Waals surface area contributed by atoms with Gasteiger partial charge in [-0.2, -0.15) is 14.4 Å². The van der Waals surface area contributed by atoms with E-state index in [0.29, 0.717) is 31.0 Å². The molecule has 2 N–H and O–H groups in total. The van der Waals surface area contributed by atoms with Crippen molar-refractivity contribution in [2.45, 2.75) is 51.5 Å². The fraction of sp³-hybridized carbons (Fsp3) is 0.474. The summed E-state index contributed by atoms with van der Waals surface area (Å²) in [5.41, 5.74) is 1.48.